The molecule has 0 atom stereocenters. The number of aryl methyl sites for hydroxylation is 2. The van der Waals surface area contributed by atoms with E-state index in [2.05, 4.69) is 23.0 Å². The van der Waals surface area contributed by atoms with Gasteiger partial charge in [-0.25, -0.2) is 4.98 Å². The van der Waals surface area contributed by atoms with E-state index in [-0.39, 0.29) is 0 Å². The van der Waals surface area contributed by atoms with Crippen LogP contribution < -0.4 is 4.74 Å². The highest BCUT2D eigenvalue weighted by Crippen LogP contribution is 2.28. The van der Waals surface area contributed by atoms with E-state index in [0.717, 1.165) is 23.0 Å². The zero-order chi connectivity index (χ0) is 18.7. The Morgan fingerprint density at radius 1 is 1.27 bits per heavy atom. The Labute approximate surface area is 158 Å². The first kappa shape index (κ1) is 18.0. The van der Waals surface area contributed by atoms with Crippen LogP contribution in [0.1, 0.15) is 35.9 Å². The molecule has 1 heterocycles. The Hall–Kier alpha value is -2.77. The number of imidazole rings is 1. The van der Waals surface area contributed by atoms with Gasteiger partial charge in [-0.15, -0.1) is 0 Å². The first-order valence-corrected chi connectivity index (χ1v) is 8.91. The van der Waals surface area contributed by atoms with Gasteiger partial charge in [0.05, 0.1) is 28.2 Å². The van der Waals surface area contributed by atoms with Gasteiger partial charge in [0.25, 0.3) is 0 Å². The molecule has 3 rings (SSSR count). The molecule has 0 saturated carbocycles. The number of ether oxygens (including phenoxy) is 1. The maximum Gasteiger partial charge on any atom is 0.149 e. The maximum atomic E-state index is 9.58. The van der Waals surface area contributed by atoms with E-state index in [0.29, 0.717) is 28.8 Å². The lowest BCUT2D eigenvalue weighted by Crippen LogP contribution is -1.95. The molecule has 0 bridgehead atoms. The molecule has 0 fully saturated rings. The number of halogens is 1. The lowest BCUT2D eigenvalue weighted by atomic mass is 10.1. The minimum Gasteiger partial charge on any atom is -0.492 e. The topological polar surface area (TPSA) is 61.7 Å². The van der Waals surface area contributed by atoms with Gasteiger partial charge >= 0.3 is 0 Å². The van der Waals surface area contributed by atoms with Crippen LogP contribution in [0.3, 0.4) is 0 Å². The number of hydrogen-bond acceptors (Lipinski definition) is 3. The van der Waals surface area contributed by atoms with Gasteiger partial charge in [-0.2, -0.15) is 5.26 Å². The summed E-state index contributed by atoms with van der Waals surface area (Å²) in [5.74, 6) is 1.20. The summed E-state index contributed by atoms with van der Waals surface area (Å²) in [7, 11) is 0. The number of hydrogen-bond donors (Lipinski definition) is 1. The first-order valence-electron chi connectivity index (χ1n) is 8.53. The van der Waals surface area contributed by atoms with Crippen LogP contribution in [0.25, 0.3) is 22.7 Å². The summed E-state index contributed by atoms with van der Waals surface area (Å²) in [4.78, 5) is 7.79. The molecule has 2 aromatic carbocycles. The summed E-state index contributed by atoms with van der Waals surface area (Å²) in [6.07, 6.45) is 2.69. The van der Waals surface area contributed by atoms with E-state index in [9.17, 15) is 5.26 Å². The number of nitrogens with zero attached hydrogens (tertiary/aromatic N) is 2. The second-order valence-corrected chi connectivity index (χ2v) is 6.65. The Morgan fingerprint density at radius 2 is 2.04 bits per heavy atom. The van der Waals surface area contributed by atoms with Crippen LogP contribution in [0.2, 0.25) is 5.02 Å². The molecule has 26 heavy (non-hydrogen) atoms. The summed E-state index contributed by atoms with van der Waals surface area (Å²) < 4.78 is 5.58. The molecule has 1 aromatic heterocycles. The molecule has 0 amide bonds. The Bertz CT molecular complexity index is 989. The SMILES string of the molecule is CCCOc1ccc(/C=C(/C#N)c2nc3cc(C)c(C)cc3[nH]2)cc1Cl. The monoisotopic (exact) mass is 365 g/mol. The minimum absolute atomic E-state index is 0.454. The molecule has 4 nitrogen and oxygen atoms in total. The van der Waals surface area contributed by atoms with Crippen LogP contribution in [0, 0.1) is 25.2 Å². The van der Waals surface area contributed by atoms with Crippen LogP contribution in [0.15, 0.2) is 30.3 Å². The third-order valence-corrected chi connectivity index (χ3v) is 4.50. The van der Waals surface area contributed by atoms with Crippen molar-refractivity contribution in [2.24, 2.45) is 0 Å². The van der Waals surface area contributed by atoms with Gasteiger partial charge in [0, 0.05) is 0 Å². The number of H-pyrrole nitrogens is 1. The number of aromatic nitrogens is 2. The zero-order valence-electron chi connectivity index (χ0n) is 15.1. The van der Waals surface area contributed by atoms with Crippen molar-refractivity contribution in [1.29, 1.82) is 5.26 Å². The predicted octanol–water partition coefficient (Wildman–Crippen LogP) is 5.69. The van der Waals surface area contributed by atoms with Crippen LogP contribution in [-0.2, 0) is 0 Å². The van der Waals surface area contributed by atoms with Crippen molar-refractivity contribution in [3.63, 3.8) is 0 Å². The van der Waals surface area contributed by atoms with Gasteiger partial charge in [0.1, 0.15) is 17.6 Å². The fourth-order valence-corrected chi connectivity index (χ4v) is 2.90. The highest BCUT2D eigenvalue weighted by Gasteiger charge is 2.10. The van der Waals surface area contributed by atoms with Gasteiger partial charge in [0.2, 0.25) is 0 Å². The first-order chi connectivity index (χ1) is 12.5. The van der Waals surface area contributed by atoms with Gasteiger partial charge in [-0.1, -0.05) is 24.6 Å². The van der Waals surface area contributed by atoms with Crippen molar-refractivity contribution in [2.45, 2.75) is 27.2 Å². The molecule has 1 N–H and O–H groups in total. The average molecular weight is 366 g/mol. The third-order valence-electron chi connectivity index (χ3n) is 4.20. The second kappa shape index (κ2) is 7.63. The van der Waals surface area contributed by atoms with Crippen molar-refractivity contribution in [2.75, 3.05) is 6.61 Å². The quantitative estimate of drug-likeness (QED) is 0.591. The summed E-state index contributed by atoms with van der Waals surface area (Å²) in [6, 6.07) is 11.8. The third kappa shape index (κ3) is 3.74. The fourth-order valence-electron chi connectivity index (χ4n) is 2.65. The normalized spacial score (nSPS) is 11.6. The van der Waals surface area contributed by atoms with E-state index >= 15 is 0 Å². The van der Waals surface area contributed by atoms with Crippen LogP contribution in [0.5, 0.6) is 5.75 Å². The van der Waals surface area contributed by atoms with E-state index in [4.69, 9.17) is 16.3 Å². The van der Waals surface area contributed by atoms with Crippen molar-refractivity contribution in [1.82, 2.24) is 9.97 Å². The number of rotatable bonds is 5. The van der Waals surface area contributed by atoms with Crippen LogP contribution in [0.4, 0.5) is 0 Å². The number of fused-ring (bicyclic) bond motifs is 1. The zero-order valence-corrected chi connectivity index (χ0v) is 15.8. The highest BCUT2D eigenvalue weighted by atomic mass is 35.5. The van der Waals surface area contributed by atoms with E-state index in [1.165, 1.54) is 11.1 Å². The fraction of sp³-hybridized carbons (Fsp3) is 0.238. The van der Waals surface area contributed by atoms with E-state index < -0.39 is 0 Å². The number of aromatic amines is 1. The lowest BCUT2D eigenvalue weighted by Gasteiger charge is -2.07. The van der Waals surface area contributed by atoms with E-state index in [1.807, 2.05) is 38.1 Å². The molecule has 3 aromatic rings. The molecule has 0 spiro atoms. The second-order valence-electron chi connectivity index (χ2n) is 6.25. The van der Waals surface area contributed by atoms with Gasteiger partial charge in [-0.3, -0.25) is 0 Å². The van der Waals surface area contributed by atoms with Crippen molar-refractivity contribution < 1.29 is 4.74 Å². The molecule has 0 aliphatic heterocycles. The molecular weight excluding hydrogens is 346 g/mol. The molecule has 0 unspecified atom stereocenters. The molecule has 0 saturated heterocycles. The summed E-state index contributed by atoms with van der Waals surface area (Å²) in [6.45, 7) is 6.77. The maximum absolute atomic E-state index is 9.58. The molecular formula is C21H20ClN3O. The summed E-state index contributed by atoms with van der Waals surface area (Å²) >= 11 is 6.28. The summed E-state index contributed by atoms with van der Waals surface area (Å²) in [5.41, 5.74) is 5.41. The number of allylic oxidation sites excluding steroid dienone is 1. The van der Waals surface area contributed by atoms with Crippen LogP contribution in [-0.4, -0.2) is 16.6 Å². The van der Waals surface area contributed by atoms with Crippen LogP contribution >= 0.6 is 11.6 Å². The van der Waals surface area contributed by atoms with Gasteiger partial charge < -0.3 is 9.72 Å². The van der Waals surface area contributed by atoms with Crippen molar-refractivity contribution in [3.05, 3.63) is 57.9 Å². The summed E-state index contributed by atoms with van der Waals surface area (Å²) in [5, 5.41) is 10.1. The lowest BCUT2D eigenvalue weighted by molar-refractivity contribution is 0.317. The minimum atomic E-state index is 0.454. The average Bonchev–Trinajstić information content (AvgIpc) is 3.01. The largest absolute Gasteiger partial charge is 0.492 e. The predicted molar refractivity (Wildman–Crippen MR) is 106 cm³/mol. The highest BCUT2D eigenvalue weighted by molar-refractivity contribution is 6.32. The smallest absolute Gasteiger partial charge is 0.149 e. The molecule has 0 aliphatic carbocycles. The standard InChI is InChI=1S/C21H20ClN3O/c1-4-7-26-20-6-5-15(11-17(20)22)10-16(12-23)21-24-18-8-13(2)14(3)9-19(18)25-21/h5-6,8-11H,4,7H2,1-3H3,(H,24,25)/b16-10-. The van der Waals surface area contributed by atoms with Crippen molar-refractivity contribution >= 4 is 34.3 Å². The Kier molecular flexibility index (Phi) is 5.29. The molecule has 0 radical (unpaired) electrons. The number of nitriles is 1. The Balaban J connectivity index is 1.96. The molecule has 5 heteroatoms. The van der Waals surface area contributed by atoms with Crippen molar-refractivity contribution in [3.8, 4) is 11.8 Å². The van der Waals surface area contributed by atoms with E-state index in [1.54, 1.807) is 12.1 Å². The number of benzene rings is 2. The Morgan fingerprint density at radius 3 is 2.73 bits per heavy atom. The number of nitrogens with one attached hydrogen (secondary N) is 1. The molecule has 132 valence electrons. The van der Waals surface area contributed by atoms with Gasteiger partial charge in [0.15, 0.2) is 0 Å². The van der Waals surface area contributed by atoms with Gasteiger partial charge in [-0.05, 0) is 67.3 Å². The molecule has 0 aliphatic rings.